The number of piperazine rings is 1. The van der Waals surface area contributed by atoms with Crippen molar-refractivity contribution in [2.75, 3.05) is 32.7 Å². The van der Waals surface area contributed by atoms with Crippen LogP contribution in [0.25, 0.3) is 0 Å². The lowest BCUT2D eigenvalue weighted by molar-refractivity contribution is -0.00669. The Hall–Kier alpha value is -0.950. The first-order chi connectivity index (χ1) is 8.73. The molecule has 1 saturated heterocycles. The predicted octanol–water partition coefficient (Wildman–Crippen LogP) is 1.13. The van der Waals surface area contributed by atoms with Crippen LogP contribution in [0.1, 0.15) is 20.8 Å². The van der Waals surface area contributed by atoms with Crippen LogP contribution in [0, 0.1) is 0 Å². The minimum Gasteiger partial charge on any atom is -0.444 e. The van der Waals surface area contributed by atoms with Crippen LogP contribution in [0.5, 0.6) is 0 Å². The Labute approximate surface area is 112 Å². The molecule has 0 spiro atoms. The molecule has 1 aliphatic rings. The van der Waals surface area contributed by atoms with Crippen molar-refractivity contribution in [3.63, 3.8) is 0 Å². The standard InChI is InChI=1S/C12H23F2N3O2/c1-12(2,3)19-11(18)17-5-4-16(8-10(13)14)9(6-15)7-17/h9-10H,4-8,15H2,1-3H3. The van der Waals surface area contributed by atoms with Gasteiger partial charge in [-0.15, -0.1) is 0 Å². The molecule has 7 heteroatoms. The van der Waals surface area contributed by atoms with E-state index in [2.05, 4.69) is 0 Å². The van der Waals surface area contributed by atoms with Crippen molar-refractivity contribution in [3.8, 4) is 0 Å². The fraction of sp³-hybridized carbons (Fsp3) is 0.917. The minimum absolute atomic E-state index is 0.240. The number of amides is 1. The maximum absolute atomic E-state index is 12.4. The number of nitrogens with two attached hydrogens (primary N) is 1. The van der Waals surface area contributed by atoms with E-state index in [1.54, 1.807) is 25.7 Å². The Kier molecular flexibility index (Phi) is 5.49. The lowest BCUT2D eigenvalue weighted by atomic mass is 10.1. The highest BCUT2D eigenvalue weighted by Gasteiger charge is 2.32. The summed E-state index contributed by atoms with van der Waals surface area (Å²) in [5.74, 6) is 0. The van der Waals surface area contributed by atoms with E-state index in [0.29, 0.717) is 19.6 Å². The highest BCUT2D eigenvalue weighted by molar-refractivity contribution is 5.68. The number of ether oxygens (including phenoxy) is 1. The van der Waals surface area contributed by atoms with E-state index in [-0.39, 0.29) is 19.1 Å². The van der Waals surface area contributed by atoms with Crippen LogP contribution in [-0.2, 0) is 4.74 Å². The zero-order valence-corrected chi connectivity index (χ0v) is 11.7. The molecule has 1 unspecified atom stereocenters. The summed E-state index contributed by atoms with van der Waals surface area (Å²) in [6.07, 6.45) is -2.80. The molecule has 1 rings (SSSR count). The molecule has 0 radical (unpaired) electrons. The van der Waals surface area contributed by atoms with Gasteiger partial charge in [0.1, 0.15) is 5.60 Å². The molecule has 112 valence electrons. The monoisotopic (exact) mass is 279 g/mol. The van der Waals surface area contributed by atoms with Crippen LogP contribution in [0.3, 0.4) is 0 Å². The van der Waals surface area contributed by atoms with E-state index >= 15 is 0 Å². The normalized spacial score (nSPS) is 21.8. The van der Waals surface area contributed by atoms with Crippen LogP contribution in [0.2, 0.25) is 0 Å². The molecule has 19 heavy (non-hydrogen) atoms. The van der Waals surface area contributed by atoms with Gasteiger partial charge in [0.2, 0.25) is 0 Å². The summed E-state index contributed by atoms with van der Waals surface area (Å²) < 4.78 is 30.1. The van der Waals surface area contributed by atoms with E-state index in [4.69, 9.17) is 10.5 Å². The number of nitrogens with zero attached hydrogens (tertiary/aromatic N) is 2. The zero-order valence-electron chi connectivity index (χ0n) is 11.7. The second kappa shape index (κ2) is 6.47. The smallest absolute Gasteiger partial charge is 0.410 e. The molecule has 1 atom stereocenters. The molecule has 0 aromatic rings. The molecule has 1 heterocycles. The van der Waals surface area contributed by atoms with Crippen molar-refractivity contribution in [1.82, 2.24) is 9.80 Å². The highest BCUT2D eigenvalue weighted by Crippen LogP contribution is 2.15. The number of rotatable bonds is 3. The first-order valence-electron chi connectivity index (χ1n) is 6.43. The Bertz CT molecular complexity index is 308. The summed E-state index contributed by atoms with van der Waals surface area (Å²) in [5.41, 5.74) is 5.03. The quantitative estimate of drug-likeness (QED) is 0.841. The van der Waals surface area contributed by atoms with Gasteiger partial charge < -0.3 is 15.4 Å². The van der Waals surface area contributed by atoms with Crippen LogP contribution >= 0.6 is 0 Å². The molecule has 0 aromatic carbocycles. The number of hydrogen-bond donors (Lipinski definition) is 1. The first kappa shape index (κ1) is 16.1. The van der Waals surface area contributed by atoms with Crippen molar-refractivity contribution in [1.29, 1.82) is 0 Å². The average Bonchev–Trinajstić information content (AvgIpc) is 2.26. The van der Waals surface area contributed by atoms with Gasteiger partial charge in [-0.1, -0.05) is 0 Å². The SMILES string of the molecule is CC(C)(C)OC(=O)N1CCN(CC(F)F)C(CN)C1. The molecule has 1 amide bonds. The molecule has 5 nitrogen and oxygen atoms in total. The third-order valence-corrected chi connectivity index (χ3v) is 2.90. The number of carbonyl (C=O) groups is 1. The topological polar surface area (TPSA) is 58.8 Å². The van der Waals surface area contributed by atoms with Crippen molar-refractivity contribution in [2.45, 2.75) is 38.8 Å². The fourth-order valence-corrected chi connectivity index (χ4v) is 2.03. The van der Waals surface area contributed by atoms with Gasteiger partial charge in [0.05, 0.1) is 6.54 Å². The van der Waals surface area contributed by atoms with Gasteiger partial charge in [-0.05, 0) is 20.8 Å². The van der Waals surface area contributed by atoms with Crippen LogP contribution in [-0.4, -0.2) is 66.7 Å². The third-order valence-electron chi connectivity index (χ3n) is 2.90. The van der Waals surface area contributed by atoms with E-state index in [0.717, 1.165) is 0 Å². The molecule has 1 aliphatic heterocycles. The molecule has 0 saturated carbocycles. The zero-order chi connectivity index (χ0) is 14.6. The minimum atomic E-state index is -2.39. The van der Waals surface area contributed by atoms with Crippen LogP contribution in [0.15, 0.2) is 0 Å². The molecule has 2 N–H and O–H groups in total. The average molecular weight is 279 g/mol. The summed E-state index contributed by atoms with van der Waals surface area (Å²) in [6, 6.07) is -0.240. The Balaban J connectivity index is 2.56. The van der Waals surface area contributed by atoms with Gasteiger partial charge >= 0.3 is 6.09 Å². The second-order valence-electron chi connectivity index (χ2n) is 5.70. The molecular weight excluding hydrogens is 256 g/mol. The number of hydrogen-bond acceptors (Lipinski definition) is 4. The van der Waals surface area contributed by atoms with E-state index < -0.39 is 18.1 Å². The van der Waals surface area contributed by atoms with Gasteiger partial charge in [0.25, 0.3) is 6.43 Å². The van der Waals surface area contributed by atoms with Gasteiger partial charge in [-0.25, -0.2) is 13.6 Å². The largest absolute Gasteiger partial charge is 0.444 e. The van der Waals surface area contributed by atoms with E-state index in [9.17, 15) is 13.6 Å². The Morgan fingerprint density at radius 3 is 2.53 bits per heavy atom. The number of carbonyl (C=O) groups excluding carboxylic acids is 1. The summed E-state index contributed by atoms with van der Waals surface area (Å²) in [6.45, 7) is 6.42. The van der Waals surface area contributed by atoms with E-state index in [1.807, 2.05) is 0 Å². The summed E-state index contributed by atoms with van der Waals surface area (Å²) in [7, 11) is 0. The Morgan fingerprint density at radius 1 is 1.42 bits per heavy atom. The van der Waals surface area contributed by atoms with Crippen molar-refractivity contribution < 1.29 is 18.3 Å². The predicted molar refractivity (Wildman–Crippen MR) is 68.2 cm³/mol. The second-order valence-corrected chi connectivity index (χ2v) is 5.70. The highest BCUT2D eigenvalue weighted by atomic mass is 19.3. The fourth-order valence-electron chi connectivity index (χ4n) is 2.03. The molecule has 0 bridgehead atoms. The summed E-state index contributed by atoms with van der Waals surface area (Å²) in [4.78, 5) is 15.1. The first-order valence-corrected chi connectivity index (χ1v) is 6.43. The maximum atomic E-state index is 12.4. The lowest BCUT2D eigenvalue weighted by Crippen LogP contribution is -2.58. The van der Waals surface area contributed by atoms with Crippen molar-refractivity contribution in [2.24, 2.45) is 5.73 Å². The number of halogens is 2. The van der Waals surface area contributed by atoms with Gasteiger partial charge in [0, 0.05) is 32.2 Å². The maximum Gasteiger partial charge on any atom is 0.410 e. The molecule has 0 aromatic heterocycles. The summed E-state index contributed by atoms with van der Waals surface area (Å²) in [5, 5.41) is 0. The molecular formula is C12H23F2N3O2. The molecule has 0 aliphatic carbocycles. The Morgan fingerprint density at radius 2 is 2.05 bits per heavy atom. The van der Waals surface area contributed by atoms with Gasteiger partial charge in [0.15, 0.2) is 0 Å². The van der Waals surface area contributed by atoms with Crippen LogP contribution in [0.4, 0.5) is 13.6 Å². The van der Waals surface area contributed by atoms with Gasteiger partial charge in [-0.3, -0.25) is 4.90 Å². The van der Waals surface area contributed by atoms with Gasteiger partial charge in [-0.2, -0.15) is 0 Å². The number of alkyl halides is 2. The van der Waals surface area contributed by atoms with Crippen LogP contribution < -0.4 is 5.73 Å². The van der Waals surface area contributed by atoms with Crippen molar-refractivity contribution in [3.05, 3.63) is 0 Å². The molecule has 1 fully saturated rings. The third kappa shape index (κ3) is 5.28. The summed E-state index contributed by atoms with van der Waals surface area (Å²) >= 11 is 0. The lowest BCUT2D eigenvalue weighted by Gasteiger charge is -2.41. The van der Waals surface area contributed by atoms with Crippen molar-refractivity contribution >= 4 is 6.09 Å². The van der Waals surface area contributed by atoms with E-state index in [1.165, 1.54) is 4.90 Å².